The molecular formula is C9H10F2O5S. The fraction of sp³-hybridized carbons (Fsp3) is 0.222. The van der Waals surface area contributed by atoms with Gasteiger partial charge in [-0.25, -0.2) is 4.79 Å². The molecule has 0 fully saturated rings. The van der Waals surface area contributed by atoms with Gasteiger partial charge in [0.1, 0.15) is 0 Å². The number of hydrogen-bond acceptors (Lipinski definition) is 4. The van der Waals surface area contributed by atoms with Gasteiger partial charge in [0, 0.05) is 6.08 Å². The van der Waals surface area contributed by atoms with Crippen molar-refractivity contribution in [3.05, 3.63) is 37.0 Å². The standard InChI is InChI=1S/C9H10F2O5S/c1-2-3-4-5-6-8(12)16-7-9(10,11)17(13,14)15/h2-6H,1,7H2,(H,13,14,15)/b4-3+,6-5+. The Balaban J connectivity index is 4.31. The van der Waals surface area contributed by atoms with Crippen LogP contribution in [0.25, 0.3) is 0 Å². The van der Waals surface area contributed by atoms with Crippen LogP contribution in [0.4, 0.5) is 8.78 Å². The molecular weight excluding hydrogens is 258 g/mol. The van der Waals surface area contributed by atoms with E-state index in [1.165, 1.54) is 24.3 Å². The summed E-state index contributed by atoms with van der Waals surface area (Å²) in [4.78, 5) is 10.8. The molecule has 1 N–H and O–H groups in total. The highest BCUT2D eigenvalue weighted by Crippen LogP contribution is 2.20. The number of allylic oxidation sites excluding steroid dienone is 4. The van der Waals surface area contributed by atoms with Crippen LogP contribution in [-0.2, 0) is 19.6 Å². The molecule has 0 heterocycles. The average Bonchev–Trinajstić information content (AvgIpc) is 2.20. The van der Waals surface area contributed by atoms with Gasteiger partial charge < -0.3 is 4.74 Å². The molecule has 0 aliphatic carbocycles. The smallest absolute Gasteiger partial charge is 0.402 e. The van der Waals surface area contributed by atoms with Crippen molar-refractivity contribution >= 4 is 16.1 Å². The van der Waals surface area contributed by atoms with Crippen molar-refractivity contribution in [2.45, 2.75) is 5.25 Å². The highest BCUT2D eigenvalue weighted by Gasteiger charge is 2.45. The fourth-order valence-corrected chi connectivity index (χ4v) is 0.762. The van der Waals surface area contributed by atoms with Crippen LogP contribution >= 0.6 is 0 Å². The predicted molar refractivity (Wildman–Crippen MR) is 55.9 cm³/mol. The van der Waals surface area contributed by atoms with Crippen molar-refractivity contribution < 1.29 is 31.3 Å². The molecule has 0 aromatic carbocycles. The summed E-state index contributed by atoms with van der Waals surface area (Å²) in [7, 11) is -5.59. The summed E-state index contributed by atoms with van der Waals surface area (Å²) in [6.07, 6.45) is 6.27. The monoisotopic (exact) mass is 268 g/mol. The lowest BCUT2D eigenvalue weighted by Crippen LogP contribution is -2.34. The van der Waals surface area contributed by atoms with E-state index in [4.69, 9.17) is 4.55 Å². The third kappa shape index (κ3) is 5.93. The lowest BCUT2D eigenvalue weighted by Gasteiger charge is -2.11. The van der Waals surface area contributed by atoms with Crippen molar-refractivity contribution in [2.24, 2.45) is 0 Å². The maximum Gasteiger partial charge on any atom is 0.402 e. The van der Waals surface area contributed by atoms with E-state index in [1.807, 2.05) is 0 Å². The second-order valence-electron chi connectivity index (χ2n) is 2.70. The number of rotatable bonds is 6. The largest absolute Gasteiger partial charge is 0.455 e. The van der Waals surface area contributed by atoms with Gasteiger partial charge in [0.05, 0.1) is 0 Å². The Labute approximate surface area is 96.8 Å². The normalized spacial score (nSPS) is 13.1. The molecule has 0 saturated heterocycles. The van der Waals surface area contributed by atoms with Crippen molar-refractivity contribution in [3.8, 4) is 0 Å². The number of carbonyl (C=O) groups excluding carboxylic acids is 1. The molecule has 5 nitrogen and oxygen atoms in total. The number of esters is 1. The summed E-state index contributed by atoms with van der Waals surface area (Å²) in [6, 6.07) is 0. The van der Waals surface area contributed by atoms with E-state index in [0.29, 0.717) is 0 Å². The van der Waals surface area contributed by atoms with Crippen LogP contribution in [0.1, 0.15) is 0 Å². The SMILES string of the molecule is C=C/C=C/C=C/C(=O)OCC(F)(F)S(=O)(=O)O. The van der Waals surface area contributed by atoms with Crippen LogP contribution in [-0.4, -0.2) is 30.8 Å². The maximum absolute atomic E-state index is 12.6. The van der Waals surface area contributed by atoms with Gasteiger partial charge in [-0.3, -0.25) is 4.55 Å². The highest BCUT2D eigenvalue weighted by molar-refractivity contribution is 7.86. The molecule has 0 aliphatic rings. The first-order valence-electron chi connectivity index (χ1n) is 4.18. The van der Waals surface area contributed by atoms with Crippen LogP contribution in [0.15, 0.2) is 37.0 Å². The first-order valence-corrected chi connectivity index (χ1v) is 5.62. The third-order valence-electron chi connectivity index (χ3n) is 1.35. The number of halogens is 2. The Hall–Kier alpha value is -1.54. The van der Waals surface area contributed by atoms with Gasteiger partial charge in [-0.15, -0.1) is 0 Å². The lowest BCUT2D eigenvalue weighted by atomic mass is 10.4. The molecule has 0 saturated carbocycles. The molecule has 0 rings (SSSR count). The van der Waals surface area contributed by atoms with Gasteiger partial charge in [-0.05, 0) is 0 Å². The number of hydrogen-bond donors (Lipinski definition) is 1. The zero-order valence-electron chi connectivity index (χ0n) is 8.55. The third-order valence-corrected chi connectivity index (χ3v) is 2.22. The van der Waals surface area contributed by atoms with Crippen LogP contribution in [0, 0.1) is 0 Å². The van der Waals surface area contributed by atoms with E-state index < -0.39 is 27.9 Å². The van der Waals surface area contributed by atoms with E-state index >= 15 is 0 Å². The van der Waals surface area contributed by atoms with Crippen LogP contribution < -0.4 is 0 Å². The topological polar surface area (TPSA) is 80.7 Å². The average molecular weight is 268 g/mol. The summed E-state index contributed by atoms with van der Waals surface area (Å²) < 4.78 is 57.4. The number of carbonyl (C=O) groups is 1. The first kappa shape index (κ1) is 15.5. The minimum Gasteiger partial charge on any atom is -0.455 e. The molecule has 0 radical (unpaired) electrons. The molecule has 0 atom stereocenters. The summed E-state index contributed by atoms with van der Waals surface area (Å²) in [6.45, 7) is 1.59. The van der Waals surface area contributed by atoms with Gasteiger partial charge in [0.2, 0.25) is 0 Å². The van der Waals surface area contributed by atoms with Crippen molar-refractivity contribution in [1.82, 2.24) is 0 Å². The Morgan fingerprint density at radius 3 is 2.41 bits per heavy atom. The Morgan fingerprint density at radius 2 is 1.94 bits per heavy atom. The molecule has 0 aromatic rings. The van der Waals surface area contributed by atoms with Crippen molar-refractivity contribution in [1.29, 1.82) is 0 Å². The van der Waals surface area contributed by atoms with E-state index in [-0.39, 0.29) is 0 Å². The Kier molecular flexibility index (Phi) is 5.69. The highest BCUT2D eigenvalue weighted by atomic mass is 32.2. The zero-order valence-corrected chi connectivity index (χ0v) is 9.36. The lowest BCUT2D eigenvalue weighted by molar-refractivity contribution is -0.143. The van der Waals surface area contributed by atoms with E-state index in [2.05, 4.69) is 11.3 Å². The Bertz CT molecular complexity index is 436. The van der Waals surface area contributed by atoms with Gasteiger partial charge in [-0.1, -0.05) is 30.9 Å². The molecule has 8 heteroatoms. The predicted octanol–water partition coefficient (Wildman–Crippen LogP) is 1.31. The summed E-state index contributed by atoms with van der Waals surface area (Å²) in [5.74, 6) is -1.16. The summed E-state index contributed by atoms with van der Waals surface area (Å²) >= 11 is 0. The molecule has 96 valence electrons. The minimum absolute atomic E-state index is 0.806. The minimum atomic E-state index is -5.59. The van der Waals surface area contributed by atoms with Gasteiger partial charge in [0.25, 0.3) is 0 Å². The van der Waals surface area contributed by atoms with Crippen LogP contribution in [0.2, 0.25) is 0 Å². The molecule has 0 aromatic heterocycles. The van der Waals surface area contributed by atoms with E-state index in [9.17, 15) is 22.0 Å². The molecule has 17 heavy (non-hydrogen) atoms. The van der Waals surface area contributed by atoms with Crippen LogP contribution in [0.5, 0.6) is 0 Å². The van der Waals surface area contributed by atoms with E-state index in [1.54, 1.807) is 0 Å². The fourth-order valence-electron chi connectivity index (χ4n) is 0.555. The molecule has 0 amide bonds. The first-order chi connectivity index (χ1) is 7.70. The van der Waals surface area contributed by atoms with Gasteiger partial charge >= 0.3 is 21.3 Å². The Morgan fingerprint density at radius 1 is 1.35 bits per heavy atom. The molecule has 0 aliphatic heterocycles. The molecule has 0 bridgehead atoms. The van der Waals surface area contributed by atoms with Gasteiger partial charge in [0.15, 0.2) is 6.61 Å². The number of ether oxygens (including phenoxy) is 1. The zero-order chi connectivity index (χ0) is 13.5. The van der Waals surface area contributed by atoms with Gasteiger partial charge in [-0.2, -0.15) is 17.2 Å². The quantitative estimate of drug-likeness (QED) is 0.340. The second-order valence-corrected chi connectivity index (χ2v) is 4.25. The maximum atomic E-state index is 12.6. The van der Waals surface area contributed by atoms with E-state index in [0.717, 1.165) is 6.08 Å². The number of alkyl halides is 2. The van der Waals surface area contributed by atoms with Crippen molar-refractivity contribution in [2.75, 3.05) is 6.61 Å². The summed E-state index contributed by atoms with van der Waals surface area (Å²) in [5, 5.41) is -4.52. The molecule has 0 spiro atoms. The summed E-state index contributed by atoms with van der Waals surface area (Å²) in [5.41, 5.74) is 0. The molecule has 0 unspecified atom stereocenters. The van der Waals surface area contributed by atoms with Crippen molar-refractivity contribution in [3.63, 3.8) is 0 Å². The van der Waals surface area contributed by atoms with Crippen LogP contribution in [0.3, 0.4) is 0 Å². The second kappa shape index (κ2) is 6.26.